The van der Waals surface area contributed by atoms with Gasteiger partial charge in [-0.1, -0.05) is 0 Å². The number of aliphatic carboxylic acids is 2. The third-order valence-corrected chi connectivity index (χ3v) is 0.917. The molecular weight excluding hydrogens is 178 g/mol. The van der Waals surface area contributed by atoms with Gasteiger partial charge in [-0.3, -0.25) is 4.79 Å². The van der Waals surface area contributed by atoms with Crippen LogP contribution in [0.2, 0.25) is 0 Å². The second-order valence-corrected chi connectivity index (χ2v) is 1.97. The van der Waals surface area contributed by atoms with E-state index >= 15 is 0 Å². The summed E-state index contributed by atoms with van der Waals surface area (Å²) >= 11 is 0. The van der Waals surface area contributed by atoms with Gasteiger partial charge in [-0.15, -0.1) is 0 Å². The predicted molar refractivity (Wildman–Crippen MR) is 39.1 cm³/mol. The average Bonchev–Trinajstić information content (AvgIpc) is 2.00. The van der Waals surface area contributed by atoms with Crippen molar-refractivity contribution in [3.63, 3.8) is 0 Å². The molecule has 0 rings (SSSR count). The van der Waals surface area contributed by atoms with Crippen LogP contribution in [0, 0.1) is 0 Å². The van der Waals surface area contributed by atoms with E-state index in [-0.39, 0.29) is 5.70 Å². The molecule has 0 atom stereocenters. The molecule has 3 N–H and O–H groups in total. The van der Waals surface area contributed by atoms with Gasteiger partial charge >= 0.3 is 5.97 Å². The van der Waals surface area contributed by atoms with Crippen LogP contribution < -0.4 is 10.8 Å². The van der Waals surface area contributed by atoms with Gasteiger partial charge in [-0.2, -0.15) is 0 Å². The Kier molecular flexibility index (Phi) is 3.94. The Balaban J connectivity index is 4.42. The average molecular weight is 184 g/mol. The number of rotatable bonds is 4. The lowest BCUT2D eigenvalue weighted by Gasteiger charge is -1.94. The zero-order chi connectivity index (χ0) is 10.4. The van der Waals surface area contributed by atoms with Crippen LogP contribution in [0.3, 0.4) is 0 Å². The molecule has 0 bridgehead atoms. The van der Waals surface area contributed by atoms with Gasteiger partial charge in [-0.25, -0.2) is 4.79 Å². The number of ketones is 1. The molecule has 0 aromatic rings. The van der Waals surface area contributed by atoms with Crippen LogP contribution in [-0.2, 0) is 14.4 Å². The molecule has 6 nitrogen and oxygen atoms in total. The van der Waals surface area contributed by atoms with Crippen molar-refractivity contribution >= 4 is 17.7 Å². The first-order valence-electron chi connectivity index (χ1n) is 3.07. The number of hydrogen-bond donors (Lipinski definition) is 2. The van der Waals surface area contributed by atoms with Crippen molar-refractivity contribution in [2.24, 2.45) is 5.73 Å². The van der Waals surface area contributed by atoms with E-state index in [1.807, 2.05) is 0 Å². The summed E-state index contributed by atoms with van der Waals surface area (Å²) in [5.41, 5.74) is 4.79. The first-order valence-corrected chi connectivity index (χ1v) is 3.07. The van der Waals surface area contributed by atoms with E-state index in [0.717, 1.165) is 6.08 Å². The first-order chi connectivity index (χ1) is 5.93. The molecule has 0 aromatic heterocycles. The molecule has 0 saturated carbocycles. The van der Waals surface area contributed by atoms with Gasteiger partial charge in [0, 0.05) is 17.8 Å². The minimum atomic E-state index is -1.90. The molecule has 0 saturated heterocycles. The van der Waals surface area contributed by atoms with Crippen molar-refractivity contribution in [1.29, 1.82) is 0 Å². The van der Waals surface area contributed by atoms with E-state index in [1.54, 1.807) is 0 Å². The van der Waals surface area contributed by atoms with E-state index in [1.165, 1.54) is 0 Å². The highest BCUT2D eigenvalue weighted by molar-refractivity contribution is 6.36. The normalized spacial score (nSPS) is 11.5. The fourth-order valence-electron chi connectivity index (χ4n) is 0.426. The molecule has 70 valence electrons. The fourth-order valence-corrected chi connectivity index (χ4v) is 0.426. The lowest BCUT2D eigenvalue weighted by atomic mass is 10.3. The Morgan fingerprint density at radius 1 is 1.23 bits per heavy atom. The lowest BCUT2D eigenvalue weighted by Crippen LogP contribution is -2.30. The van der Waals surface area contributed by atoms with E-state index in [2.05, 4.69) is 0 Å². The van der Waals surface area contributed by atoms with Gasteiger partial charge < -0.3 is 20.7 Å². The van der Waals surface area contributed by atoms with Crippen LogP contribution in [-0.4, -0.2) is 22.8 Å². The van der Waals surface area contributed by atoms with Gasteiger partial charge in [0.05, 0.1) is 0 Å². The molecule has 0 unspecified atom stereocenters. The van der Waals surface area contributed by atoms with E-state index in [4.69, 9.17) is 10.8 Å². The number of carboxylic acid groups (broad SMARTS) is 2. The second-order valence-electron chi connectivity index (χ2n) is 1.97. The first kappa shape index (κ1) is 10.9. The van der Waals surface area contributed by atoms with Crippen molar-refractivity contribution in [2.45, 2.75) is 0 Å². The van der Waals surface area contributed by atoms with Gasteiger partial charge in [0.2, 0.25) is 5.78 Å². The molecule has 0 amide bonds. The summed E-state index contributed by atoms with van der Waals surface area (Å²) < 4.78 is 0. The molecule has 0 radical (unpaired) electrons. The van der Waals surface area contributed by atoms with Crippen LogP contribution in [0.25, 0.3) is 0 Å². The quantitative estimate of drug-likeness (QED) is 0.290. The topological polar surface area (TPSA) is 121 Å². The summed E-state index contributed by atoms with van der Waals surface area (Å²) in [4.78, 5) is 30.2. The predicted octanol–water partition coefficient (Wildman–Crippen LogP) is -2.21. The van der Waals surface area contributed by atoms with Gasteiger partial charge in [0.25, 0.3) is 0 Å². The van der Waals surface area contributed by atoms with Gasteiger partial charge in [-0.05, 0) is 6.08 Å². The zero-order valence-electron chi connectivity index (χ0n) is 6.39. The van der Waals surface area contributed by atoms with Crippen LogP contribution >= 0.6 is 0 Å². The Hall–Kier alpha value is -2.11. The number of allylic oxidation sites excluding steroid dienone is 1. The number of carbonyl (C=O) groups is 3. The Labute approximate surface area is 73.0 Å². The van der Waals surface area contributed by atoms with Crippen molar-refractivity contribution in [3.05, 3.63) is 23.9 Å². The zero-order valence-corrected chi connectivity index (χ0v) is 6.39. The summed E-state index contributed by atoms with van der Waals surface area (Å²) in [6, 6.07) is 0. The Morgan fingerprint density at radius 2 is 1.77 bits per heavy atom. The molecule has 0 aliphatic rings. The Bertz CT molecular complexity index is 302. The fraction of sp³-hybridized carbons (Fsp3) is 0. The largest absolute Gasteiger partial charge is 0.541 e. The SMILES string of the molecule is NC(/C=C\C(=O)O)=C/C(=O)C(=O)[O-]. The third kappa shape index (κ3) is 5.19. The maximum Gasteiger partial charge on any atom is 0.328 e. The molecule has 0 aliphatic carbocycles. The minimum absolute atomic E-state index is 0.267. The van der Waals surface area contributed by atoms with Gasteiger partial charge in [0.1, 0.15) is 5.97 Å². The maximum absolute atomic E-state index is 10.4. The monoisotopic (exact) mass is 184 g/mol. The van der Waals surface area contributed by atoms with Gasteiger partial charge in [0.15, 0.2) is 0 Å². The molecule has 0 spiro atoms. The number of carboxylic acids is 2. The third-order valence-electron chi connectivity index (χ3n) is 0.917. The number of nitrogens with two attached hydrogens (primary N) is 1. The number of carbonyl (C=O) groups excluding carboxylic acids is 2. The standard InChI is InChI=1S/C7H7NO5/c8-4(1-2-6(10)11)3-5(9)7(12)13/h1-3H,8H2,(H,10,11)(H,12,13)/p-1/b2-1-,4-3+. The molecule has 13 heavy (non-hydrogen) atoms. The summed E-state index contributed by atoms with van der Waals surface area (Å²) in [5.74, 6) is -4.46. The smallest absolute Gasteiger partial charge is 0.328 e. The summed E-state index contributed by atoms with van der Waals surface area (Å²) in [5, 5.41) is 18.0. The highest BCUT2D eigenvalue weighted by Crippen LogP contribution is 1.87. The minimum Gasteiger partial charge on any atom is -0.541 e. The van der Waals surface area contributed by atoms with E-state index in [0.29, 0.717) is 12.2 Å². The molecule has 6 heteroatoms. The summed E-state index contributed by atoms with van der Waals surface area (Å²) in [6.45, 7) is 0. The van der Waals surface area contributed by atoms with Crippen molar-refractivity contribution in [2.75, 3.05) is 0 Å². The number of hydrogen-bond acceptors (Lipinski definition) is 5. The van der Waals surface area contributed by atoms with Crippen LogP contribution in [0.5, 0.6) is 0 Å². The Morgan fingerprint density at radius 3 is 2.15 bits per heavy atom. The second kappa shape index (κ2) is 4.70. The van der Waals surface area contributed by atoms with Crippen molar-refractivity contribution < 1.29 is 24.6 Å². The van der Waals surface area contributed by atoms with Crippen LogP contribution in [0.4, 0.5) is 0 Å². The van der Waals surface area contributed by atoms with Crippen LogP contribution in [0.15, 0.2) is 23.9 Å². The highest BCUT2D eigenvalue weighted by Gasteiger charge is 1.97. The molecule has 0 heterocycles. The van der Waals surface area contributed by atoms with E-state index < -0.39 is 17.7 Å². The molecule has 0 aromatic carbocycles. The molecular formula is C7H6NO5-. The molecule has 0 fully saturated rings. The summed E-state index contributed by atoms with van der Waals surface area (Å²) in [6.07, 6.45) is 2.13. The van der Waals surface area contributed by atoms with Crippen molar-refractivity contribution in [1.82, 2.24) is 0 Å². The van der Waals surface area contributed by atoms with Crippen LogP contribution in [0.1, 0.15) is 0 Å². The maximum atomic E-state index is 10.4. The lowest BCUT2D eigenvalue weighted by molar-refractivity contribution is -0.299. The van der Waals surface area contributed by atoms with Crippen molar-refractivity contribution in [3.8, 4) is 0 Å². The molecule has 0 aliphatic heterocycles. The summed E-state index contributed by atoms with van der Waals surface area (Å²) in [7, 11) is 0. The van der Waals surface area contributed by atoms with E-state index in [9.17, 15) is 19.5 Å². The highest BCUT2D eigenvalue weighted by atomic mass is 16.4.